The quantitative estimate of drug-likeness (QED) is 0.359. The minimum atomic E-state index is 0.276. The number of ether oxygens (including phenoxy) is 2. The van der Waals surface area contributed by atoms with E-state index in [1.165, 1.54) is 68.9 Å². The minimum absolute atomic E-state index is 0.276. The van der Waals surface area contributed by atoms with Crippen LogP contribution in [0.25, 0.3) is 11.1 Å². The summed E-state index contributed by atoms with van der Waals surface area (Å²) in [7, 11) is 0. The van der Waals surface area contributed by atoms with E-state index in [1.807, 2.05) is 0 Å². The first-order valence-electron chi connectivity index (χ1n) is 11.7. The maximum Gasteiger partial charge on any atom is 0.119 e. The molecule has 2 heteroatoms. The molecule has 1 saturated carbocycles. The molecule has 0 aliphatic heterocycles. The molecule has 0 aromatic heterocycles. The van der Waals surface area contributed by atoms with Crippen LogP contribution >= 0.6 is 0 Å². The molecule has 0 bridgehead atoms. The van der Waals surface area contributed by atoms with E-state index in [-0.39, 0.29) is 6.10 Å². The van der Waals surface area contributed by atoms with Crippen LogP contribution in [-0.2, 0) is 0 Å². The Morgan fingerprint density at radius 2 is 1.41 bits per heavy atom. The molecule has 2 nitrogen and oxygen atoms in total. The van der Waals surface area contributed by atoms with Gasteiger partial charge in [0.05, 0.1) is 12.7 Å². The van der Waals surface area contributed by atoms with Crippen molar-refractivity contribution in [2.75, 3.05) is 6.61 Å². The first-order chi connectivity index (χ1) is 14.2. The lowest BCUT2D eigenvalue weighted by atomic mass is 9.90. The SMILES string of the molecule is CCCCCC[C@H](C)Oc1ccc(-c2ccc(OCC3CCCCC3)cc2)cc1. The highest BCUT2D eigenvalue weighted by Crippen LogP contribution is 2.27. The van der Waals surface area contributed by atoms with Gasteiger partial charge in [0.2, 0.25) is 0 Å². The second-order valence-corrected chi connectivity index (χ2v) is 8.64. The Hall–Kier alpha value is -1.96. The predicted octanol–water partition coefficient (Wildman–Crippen LogP) is 8.05. The largest absolute Gasteiger partial charge is 0.493 e. The van der Waals surface area contributed by atoms with Crippen LogP contribution in [0.5, 0.6) is 11.5 Å². The van der Waals surface area contributed by atoms with Crippen LogP contribution in [0.1, 0.15) is 78.1 Å². The zero-order valence-electron chi connectivity index (χ0n) is 18.4. The van der Waals surface area contributed by atoms with Gasteiger partial charge >= 0.3 is 0 Å². The third kappa shape index (κ3) is 7.42. The van der Waals surface area contributed by atoms with Crippen LogP contribution in [0.15, 0.2) is 48.5 Å². The summed E-state index contributed by atoms with van der Waals surface area (Å²) in [5.74, 6) is 2.69. The lowest BCUT2D eigenvalue weighted by molar-refractivity contribution is 0.206. The van der Waals surface area contributed by atoms with Crippen molar-refractivity contribution in [3.8, 4) is 22.6 Å². The lowest BCUT2D eigenvalue weighted by Gasteiger charge is -2.21. The van der Waals surface area contributed by atoms with Crippen molar-refractivity contribution in [2.45, 2.75) is 84.2 Å². The fraction of sp³-hybridized carbons (Fsp3) is 0.556. The standard InChI is InChI=1S/C27H38O2/c1-3-4-5-7-10-22(2)29-27-19-15-25(16-20-27)24-13-17-26(18-14-24)28-21-23-11-8-6-9-12-23/h13-20,22-23H,3-12,21H2,1-2H3/t22-/m0/s1. The first kappa shape index (κ1) is 21.7. The molecular formula is C27H38O2. The summed E-state index contributed by atoms with van der Waals surface area (Å²) in [6, 6.07) is 17.0. The topological polar surface area (TPSA) is 18.5 Å². The molecule has 3 rings (SSSR count). The molecule has 0 heterocycles. The van der Waals surface area contributed by atoms with E-state index in [0.717, 1.165) is 30.4 Å². The van der Waals surface area contributed by atoms with Crippen molar-refractivity contribution in [1.82, 2.24) is 0 Å². The maximum absolute atomic E-state index is 6.07. The highest BCUT2D eigenvalue weighted by Gasteiger charge is 2.14. The van der Waals surface area contributed by atoms with Crippen LogP contribution in [0.3, 0.4) is 0 Å². The van der Waals surface area contributed by atoms with Gasteiger partial charge in [-0.15, -0.1) is 0 Å². The number of unbranched alkanes of at least 4 members (excludes halogenated alkanes) is 3. The van der Waals surface area contributed by atoms with Gasteiger partial charge in [-0.3, -0.25) is 0 Å². The summed E-state index contributed by atoms with van der Waals surface area (Å²) in [6.07, 6.45) is 13.3. The fourth-order valence-corrected chi connectivity index (χ4v) is 4.19. The summed E-state index contributed by atoms with van der Waals surface area (Å²) in [5.41, 5.74) is 2.43. The maximum atomic E-state index is 6.07. The Bertz CT molecular complexity index is 683. The molecule has 0 N–H and O–H groups in total. The van der Waals surface area contributed by atoms with Gasteiger partial charge in [-0.05, 0) is 73.9 Å². The van der Waals surface area contributed by atoms with Gasteiger partial charge in [0.15, 0.2) is 0 Å². The Balaban J connectivity index is 1.46. The van der Waals surface area contributed by atoms with E-state index < -0.39 is 0 Å². The Kier molecular flexibility index (Phi) is 8.92. The van der Waals surface area contributed by atoms with E-state index in [1.54, 1.807) is 0 Å². The second-order valence-electron chi connectivity index (χ2n) is 8.64. The molecule has 1 aliphatic rings. The van der Waals surface area contributed by atoms with Crippen molar-refractivity contribution < 1.29 is 9.47 Å². The molecular weight excluding hydrogens is 356 g/mol. The van der Waals surface area contributed by atoms with Crippen molar-refractivity contribution in [3.63, 3.8) is 0 Å². The van der Waals surface area contributed by atoms with Crippen LogP contribution < -0.4 is 9.47 Å². The highest BCUT2D eigenvalue weighted by molar-refractivity contribution is 5.64. The van der Waals surface area contributed by atoms with E-state index in [2.05, 4.69) is 62.4 Å². The Labute approximate surface area is 177 Å². The Morgan fingerprint density at radius 1 is 0.793 bits per heavy atom. The van der Waals surface area contributed by atoms with Gasteiger partial charge in [-0.1, -0.05) is 69.7 Å². The van der Waals surface area contributed by atoms with Crippen LogP contribution in [0, 0.1) is 5.92 Å². The monoisotopic (exact) mass is 394 g/mol. The molecule has 1 atom stereocenters. The van der Waals surface area contributed by atoms with E-state index in [4.69, 9.17) is 9.47 Å². The summed E-state index contributed by atoms with van der Waals surface area (Å²) in [6.45, 7) is 5.29. The molecule has 29 heavy (non-hydrogen) atoms. The zero-order chi connectivity index (χ0) is 20.3. The smallest absolute Gasteiger partial charge is 0.119 e. The summed E-state index contributed by atoms with van der Waals surface area (Å²) < 4.78 is 12.1. The molecule has 0 radical (unpaired) electrons. The van der Waals surface area contributed by atoms with Crippen LogP contribution in [-0.4, -0.2) is 12.7 Å². The summed E-state index contributed by atoms with van der Waals surface area (Å²) in [4.78, 5) is 0. The molecule has 1 aliphatic carbocycles. The molecule has 1 fully saturated rings. The van der Waals surface area contributed by atoms with E-state index in [0.29, 0.717) is 0 Å². The fourth-order valence-electron chi connectivity index (χ4n) is 4.19. The molecule has 0 amide bonds. The average Bonchev–Trinajstić information content (AvgIpc) is 2.77. The number of hydrogen-bond acceptors (Lipinski definition) is 2. The van der Waals surface area contributed by atoms with E-state index >= 15 is 0 Å². The van der Waals surface area contributed by atoms with Gasteiger partial charge in [0.1, 0.15) is 11.5 Å². The molecule has 0 unspecified atom stereocenters. The second kappa shape index (κ2) is 11.9. The van der Waals surface area contributed by atoms with E-state index in [9.17, 15) is 0 Å². The van der Waals surface area contributed by atoms with Gasteiger partial charge in [-0.2, -0.15) is 0 Å². The number of rotatable bonds is 11. The third-order valence-corrected chi connectivity index (χ3v) is 6.05. The minimum Gasteiger partial charge on any atom is -0.493 e. The predicted molar refractivity (Wildman–Crippen MR) is 123 cm³/mol. The lowest BCUT2D eigenvalue weighted by Crippen LogP contribution is -2.15. The average molecular weight is 395 g/mol. The van der Waals surface area contributed by atoms with Gasteiger partial charge in [0.25, 0.3) is 0 Å². The number of benzene rings is 2. The molecule has 2 aromatic rings. The van der Waals surface area contributed by atoms with Crippen LogP contribution in [0.4, 0.5) is 0 Å². The van der Waals surface area contributed by atoms with Gasteiger partial charge in [0, 0.05) is 0 Å². The first-order valence-corrected chi connectivity index (χ1v) is 11.7. The normalized spacial score (nSPS) is 15.8. The number of hydrogen-bond donors (Lipinski definition) is 0. The zero-order valence-corrected chi connectivity index (χ0v) is 18.4. The highest BCUT2D eigenvalue weighted by atomic mass is 16.5. The Morgan fingerprint density at radius 3 is 2.03 bits per heavy atom. The molecule has 0 saturated heterocycles. The molecule has 0 spiro atoms. The van der Waals surface area contributed by atoms with Crippen molar-refractivity contribution in [1.29, 1.82) is 0 Å². The van der Waals surface area contributed by atoms with Gasteiger partial charge < -0.3 is 9.47 Å². The third-order valence-electron chi connectivity index (χ3n) is 6.05. The molecule has 2 aromatic carbocycles. The van der Waals surface area contributed by atoms with Crippen molar-refractivity contribution in [2.24, 2.45) is 5.92 Å². The van der Waals surface area contributed by atoms with Crippen molar-refractivity contribution >= 4 is 0 Å². The summed E-state index contributed by atoms with van der Waals surface area (Å²) in [5, 5.41) is 0. The van der Waals surface area contributed by atoms with Gasteiger partial charge in [-0.25, -0.2) is 0 Å². The molecule has 158 valence electrons. The van der Waals surface area contributed by atoms with Crippen LogP contribution in [0.2, 0.25) is 0 Å². The summed E-state index contributed by atoms with van der Waals surface area (Å²) >= 11 is 0. The van der Waals surface area contributed by atoms with Crippen molar-refractivity contribution in [3.05, 3.63) is 48.5 Å².